The predicted molar refractivity (Wildman–Crippen MR) is 59.5 cm³/mol. The van der Waals surface area contributed by atoms with Crippen LogP contribution in [0.3, 0.4) is 0 Å². The molecule has 0 radical (unpaired) electrons. The van der Waals surface area contributed by atoms with E-state index in [1.54, 1.807) is 12.4 Å². The monoisotopic (exact) mass is 207 g/mol. The first kappa shape index (κ1) is 11.7. The van der Waals surface area contributed by atoms with Gasteiger partial charge in [-0.15, -0.1) is 0 Å². The zero-order valence-corrected chi connectivity index (χ0v) is 8.99. The fourth-order valence-corrected chi connectivity index (χ4v) is 1.22. The number of likely N-dealkylation sites (N-methyl/N-ethyl adjacent to an activating group) is 1. The molecule has 0 aliphatic heterocycles. The molecule has 4 heteroatoms. The number of pyridine rings is 1. The molecule has 1 aromatic heterocycles. The van der Waals surface area contributed by atoms with Crippen LogP contribution in [0.4, 0.5) is 0 Å². The maximum atomic E-state index is 11.3. The largest absolute Gasteiger partial charge is 0.355 e. The third-order valence-corrected chi connectivity index (χ3v) is 2.06. The van der Waals surface area contributed by atoms with Crippen LogP contribution in [-0.2, 0) is 11.2 Å². The number of carbonyl (C=O) groups excluding carboxylic acids is 1. The van der Waals surface area contributed by atoms with Crippen molar-refractivity contribution in [2.75, 3.05) is 20.1 Å². The molecule has 1 aromatic rings. The summed E-state index contributed by atoms with van der Waals surface area (Å²) in [6.07, 6.45) is 4.80. The number of nitrogens with zero attached hydrogens (tertiary/aromatic N) is 1. The number of aryl methyl sites for hydroxylation is 1. The number of hydrogen-bond acceptors (Lipinski definition) is 3. The average Bonchev–Trinajstić information content (AvgIpc) is 2.28. The summed E-state index contributed by atoms with van der Waals surface area (Å²) in [5.41, 5.74) is 1.10. The molecule has 0 saturated heterocycles. The average molecular weight is 207 g/mol. The molecule has 15 heavy (non-hydrogen) atoms. The van der Waals surface area contributed by atoms with Gasteiger partial charge in [0.2, 0.25) is 5.91 Å². The van der Waals surface area contributed by atoms with E-state index in [0.29, 0.717) is 13.0 Å². The highest BCUT2D eigenvalue weighted by Crippen LogP contribution is 1.99. The second-order valence-electron chi connectivity index (χ2n) is 3.31. The quantitative estimate of drug-likeness (QED) is 0.662. The van der Waals surface area contributed by atoms with Crippen LogP contribution in [0.15, 0.2) is 24.5 Å². The van der Waals surface area contributed by atoms with Crippen LogP contribution in [0, 0.1) is 0 Å². The molecule has 82 valence electrons. The smallest absolute Gasteiger partial charge is 0.220 e. The first-order chi connectivity index (χ1) is 7.33. The zero-order valence-electron chi connectivity index (χ0n) is 8.99. The Balaban J connectivity index is 2.17. The van der Waals surface area contributed by atoms with E-state index in [0.717, 1.165) is 18.5 Å². The predicted octanol–water partition coefficient (Wildman–Crippen LogP) is 0.350. The van der Waals surface area contributed by atoms with Crippen LogP contribution < -0.4 is 10.6 Å². The molecule has 1 amide bonds. The lowest BCUT2D eigenvalue weighted by molar-refractivity contribution is -0.121. The van der Waals surface area contributed by atoms with Crippen molar-refractivity contribution in [1.82, 2.24) is 15.6 Å². The van der Waals surface area contributed by atoms with Gasteiger partial charge in [0.15, 0.2) is 0 Å². The van der Waals surface area contributed by atoms with E-state index in [4.69, 9.17) is 0 Å². The Morgan fingerprint density at radius 3 is 3.00 bits per heavy atom. The van der Waals surface area contributed by atoms with Crippen LogP contribution in [0.1, 0.15) is 12.0 Å². The molecule has 0 saturated carbocycles. The van der Waals surface area contributed by atoms with Crippen LogP contribution in [0.25, 0.3) is 0 Å². The van der Waals surface area contributed by atoms with Gasteiger partial charge in [0.1, 0.15) is 0 Å². The molecule has 0 aliphatic rings. The van der Waals surface area contributed by atoms with Crippen molar-refractivity contribution in [1.29, 1.82) is 0 Å². The SMILES string of the molecule is CNCCNC(=O)CCc1cccnc1. The Kier molecular flexibility index (Phi) is 5.40. The molecular weight excluding hydrogens is 190 g/mol. The number of rotatable bonds is 6. The van der Waals surface area contributed by atoms with Gasteiger partial charge in [0.25, 0.3) is 0 Å². The summed E-state index contributed by atoms with van der Waals surface area (Å²) in [5, 5.41) is 5.80. The summed E-state index contributed by atoms with van der Waals surface area (Å²) < 4.78 is 0. The van der Waals surface area contributed by atoms with Crippen molar-refractivity contribution in [3.8, 4) is 0 Å². The van der Waals surface area contributed by atoms with E-state index < -0.39 is 0 Å². The summed E-state index contributed by atoms with van der Waals surface area (Å²) in [6.45, 7) is 1.49. The van der Waals surface area contributed by atoms with Gasteiger partial charge >= 0.3 is 0 Å². The third kappa shape index (κ3) is 5.12. The van der Waals surface area contributed by atoms with Crippen molar-refractivity contribution in [2.45, 2.75) is 12.8 Å². The molecule has 2 N–H and O–H groups in total. The summed E-state index contributed by atoms with van der Waals surface area (Å²) in [4.78, 5) is 15.3. The maximum Gasteiger partial charge on any atom is 0.220 e. The van der Waals surface area contributed by atoms with Gasteiger partial charge in [-0.2, -0.15) is 0 Å². The molecule has 0 spiro atoms. The Morgan fingerprint density at radius 1 is 1.47 bits per heavy atom. The Labute approximate surface area is 90.1 Å². The van der Waals surface area contributed by atoms with E-state index in [-0.39, 0.29) is 5.91 Å². The fourth-order valence-electron chi connectivity index (χ4n) is 1.22. The fraction of sp³-hybridized carbons (Fsp3) is 0.455. The van der Waals surface area contributed by atoms with Crippen LogP contribution in [0.2, 0.25) is 0 Å². The number of amides is 1. The second-order valence-corrected chi connectivity index (χ2v) is 3.31. The molecule has 0 aliphatic carbocycles. The van der Waals surface area contributed by atoms with Crippen LogP contribution >= 0.6 is 0 Å². The second kappa shape index (κ2) is 6.95. The first-order valence-electron chi connectivity index (χ1n) is 5.13. The highest BCUT2D eigenvalue weighted by molar-refractivity contribution is 5.76. The molecule has 0 aromatic carbocycles. The van der Waals surface area contributed by atoms with Crippen molar-refractivity contribution in [3.05, 3.63) is 30.1 Å². The lowest BCUT2D eigenvalue weighted by Crippen LogP contribution is -2.30. The molecule has 1 rings (SSSR count). The summed E-state index contributed by atoms with van der Waals surface area (Å²) in [6, 6.07) is 3.86. The van der Waals surface area contributed by atoms with Crippen molar-refractivity contribution in [3.63, 3.8) is 0 Å². The summed E-state index contributed by atoms with van der Waals surface area (Å²) in [7, 11) is 1.86. The highest BCUT2D eigenvalue weighted by Gasteiger charge is 2.00. The van der Waals surface area contributed by atoms with Gasteiger partial charge in [-0.3, -0.25) is 9.78 Å². The van der Waals surface area contributed by atoms with Crippen molar-refractivity contribution < 1.29 is 4.79 Å². The molecule has 0 fully saturated rings. The molecule has 1 heterocycles. The van der Waals surface area contributed by atoms with Gasteiger partial charge in [0.05, 0.1) is 0 Å². The molecule has 0 atom stereocenters. The lowest BCUT2D eigenvalue weighted by atomic mass is 10.1. The minimum absolute atomic E-state index is 0.0918. The lowest BCUT2D eigenvalue weighted by Gasteiger charge is -2.04. The third-order valence-electron chi connectivity index (χ3n) is 2.06. The molecule has 4 nitrogen and oxygen atoms in total. The van der Waals surface area contributed by atoms with E-state index in [2.05, 4.69) is 15.6 Å². The van der Waals surface area contributed by atoms with E-state index in [9.17, 15) is 4.79 Å². The standard InChI is InChI=1S/C11H17N3O/c1-12-7-8-14-11(15)5-4-10-3-2-6-13-9-10/h2-3,6,9,12H,4-5,7-8H2,1H3,(H,14,15). The van der Waals surface area contributed by atoms with E-state index in [1.807, 2.05) is 19.2 Å². The summed E-state index contributed by atoms with van der Waals surface area (Å²) >= 11 is 0. The first-order valence-corrected chi connectivity index (χ1v) is 5.13. The van der Waals surface area contributed by atoms with Gasteiger partial charge < -0.3 is 10.6 Å². The summed E-state index contributed by atoms with van der Waals surface area (Å²) in [5.74, 6) is 0.0918. The van der Waals surface area contributed by atoms with Crippen LogP contribution in [-0.4, -0.2) is 31.0 Å². The van der Waals surface area contributed by atoms with Gasteiger partial charge in [-0.05, 0) is 25.1 Å². The molecule has 0 unspecified atom stereocenters. The maximum absolute atomic E-state index is 11.3. The van der Waals surface area contributed by atoms with Crippen molar-refractivity contribution >= 4 is 5.91 Å². The number of aromatic nitrogens is 1. The Hall–Kier alpha value is -1.42. The van der Waals surface area contributed by atoms with Gasteiger partial charge in [-0.1, -0.05) is 6.07 Å². The Bertz CT molecular complexity index is 287. The minimum Gasteiger partial charge on any atom is -0.355 e. The number of carbonyl (C=O) groups is 1. The molecule has 0 bridgehead atoms. The van der Waals surface area contributed by atoms with Gasteiger partial charge in [0, 0.05) is 31.9 Å². The normalized spacial score (nSPS) is 9.93. The van der Waals surface area contributed by atoms with E-state index in [1.165, 1.54) is 0 Å². The topological polar surface area (TPSA) is 54.0 Å². The molecular formula is C11H17N3O. The highest BCUT2D eigenvalue weighted by atomic mass is 16.1. The Morgan fingerprint density at radius 2 is 2.33 bits per heavy atom. The minimum atomic E-state index is 0.0918. The zero-order chi connectivity index (χ0) is 10.9. The van der Waals surface area contributed by atoms with Gasteiger partial charge in [-0.25, -0.2) is 0 Å². The van der Waals surface area contributed by atoms with Crippen LogP contribution in [0.5, 0.6) is 0 Å². The number of nitrogens with one attached hydrogen (secondary N) is 2. The van der Waals surface area contributed by atoms with Crippen molar-refractivity contribution in [2.24, 2.45) is 0 Å². The number of hydrogen-bond donors (Lipinski definition) is 2. The van der Waals surface area contributed by atoms with E-state index >= 15 is 0 Å².